The van der Waals surface area contributed by atoms with Crippen LogP contribution in [0.4, 0.5) is 4.39 Å². The van der Waals surface area contributed by atoms with Crippen molar-refractivity contribution in [1.82, 2.24) is 4.72 Å². The zero-order valence-electron chi connectivity index (χ0n) is 10.9. The molecule has 0 aliphatic heterocycles. The van der Waals surface area contributed by atoms with Gasteiger partial charge in [0.05, 0.1) is 0 Å². The Labute approximate surface area is 113 Å². The van der Waals surface area contributed by atoms with Crippen molar-refractivity contribution in [1.29, 1.82) is 0 Å². The first-order valence-corrected chi connectivity index (χ1v) is 7.91. The molecule has 1 aliphatic rings. The van der Waals surface area contributed by atoms with Crippen molar-refractivity contribution < 1.29 is 12.8 Å². The van der Waals surface area contributed by atoms with Gasteiger partial charge in [0, 0.05) is 12.6 Å². The second-order valence-corrected chi connectivity index (χ2v) is 6.85. The summed E-state index contributed by atoms with van der Waals surface area (Å²) in [4.78, 5) is -0.313. The molecule has 1 unspecified atom stereocenters. The molecule has 2 rings (SSSR count). The van der Waals surface area contributed by atoms with Gasteiger partial charge in [-0.1, -0.05) is 18.9 Å². The Morgan fingerprint density at radius 3 is 2.68 bits per heavy atom. The average Bonchev–Trinajstić information content (AvgIpc) is 3.11. The lowest BCUT2D eigenvalue weighted by Crippen LogP contribution is -2.33. The molecule has 106 valence electrons. The summed E-state index contributed by atoms with van der Waals surface area (Å²) in [6, 6.07) is 3.79. The molecule has 0 radical (unpaired) electrons. The molecule has 1 atom stereocenters. The highest BCUT2D eigenvalue weighted by Gasteiger charge is 2.27. The first-order valence-electron chi connectivity index (χ1n) is 6.43. The van der Waals surface area contributed by atoms with Gasteiger partial charge in [0.15, 0.2) is 0 Å². The summed E-state index contributed by atoms with van der Waals surface area (Å²) in [7, 11) is -3.80. The van der Waals surface area contributed by atoms with Crippen LogP contribution in [0.25, 0.3) is 0 Å². The summed E-state index contributed by atoms with van der Waals surface area (Å²) < 4.78 is 40.5. The fourth-order valence-electron chi connectivity index (χ4n) is 2.12. The normalized spacial score (nSPS) is 17.4. The van der Waals surface area contributed by atoms with Gasteiger partial charge in [-0.2, -0.15) is 0 Å². The Morgan fingerprint density at radius 1 is 1.47 bits per heavy atom. The van der Waals surface area contributed by atoms with Crippen LogP contribution in [0.5, 0.6) is 0 Å². The standard InChI is InChI=1S/C13H19FN2O2S/c1-9(6-10-2-3-10)16-19(17,18)13-5-4-11(8-15)7-12(13)14/h4-5,7,9-10,16H,2-3,6,8,15H2,1H3. The van der Waals surface area contributed by atoms with Crippen LogP contribution in [-0.4, -0.2) is 14.5 Å². The molecule has 0 saturated heterocycles. The van der Waals surface area contributed by atoms with Gasteiger partial charge >= 0.3 is 0 Å². The minimum atomic E-state index is -3.80. The molecule has 19 heavy (non-hydrogen) atoms. The smallest absolute Gasteiger partial charge is 0.243 e. The van der Waals surface area contributed by atoms with E-state index >= 15 is 0 Å². The molecule has 0 spiro atoms. The monoisotopic (exact) mass is 286 g/mol. The van der Waals surface area contributed by atoms with Gasteiger partial charge in [0.1, 0.15) is 10.7 Å². The van der Waals surface area contributed by atoms with E-state index in [1.54, 1.807) is 0 Å². The quantitative estimate of drug-likeness (QED) is 0.837. The molecule has 0 bridgehead atoms. The topological polar surface area (TPSA) is 72.2 Å². The molecule has 0 heterocycles. The van der Waals surface area contributed by atoms with Crippen LogP contribution in [-0.2, 0) is 16.6 Å². The largest absolute Gasteiger partial charge is 0.326 e. The molecule has 4 nitrogen and oxygen atoms in total. The Morgan fingerprint density at radius 2 is 2.16 bits per heavy atom. The summed E-state index contributed by atoms with van der Waals surface area (Å²) >= 11 is 0. The van der Waals surface area contributed by atoms with Crippen molar-refractivity contribution in [3.63, 3.8) is 0 Å². The Balaban J connectivity index is 2.13. The van der Waals surface area contributed by atoms with E-state index in [1.165, 1.54) is 18.2 Å². The zero-order chi connectivity index (χ0) is 14.0. The van der Waals surface area contributed by atoms with Gasteiger partial charge in [-0.3, -0.25) is 0 Å². The van der Waals surface area contributed by atoms with Gasteiger partial charge < -0.3 is 5.73 Å². The van der Waals surface area contributed by atoms with E-state index in [9.17, 15) is 12.8 Å². The third-order valence-electron chi connectivity index (χ3n) is 3.26. The summed E-state index contributed by atoms with van der Waals surface area (Å²) in [5.74, 6) is -0.142. The van der Waals surface area contributed by atoms with Gasteiger partial charge in [-0.25, -0.2) is 17.5 Å². The number of halogens is 1. The molecule has 3 N–H and O–H groups in total. The number of rotatable bonds is 6. The van der Waals surface area contributed by atoms with Crippen molar-refractivity contribution >= 4 is 10.0 Å². The Bertz CT molecular complexity index is 556. The van der Waals surface area contributed by atoms with Crippen molar-refractivity contribution in [2.75, 3.05) is 0 Å². The second kappa shape index (κ2) is 5.56. The highest BCUT2D eigenvalue weighted by molar-refractivity contribution is 7.89. The van der Waals surface area contributed by atoms with Crippen molar-refractivity contribution in [2.45, 2.75) is 43.7 Å². The minimum absolute atomic E-state index is 0.175. The third-order valence-corrected chi connectivity index (χ3v) is 4.88. The molecule has 0 aromatic heterocycles. The van der Waals surface area contributed by atoms with Crippen molar-refractivity contribution in [2.24, 2.45) is 11.7 Å². The number of benzene rings is 1. The highest BCUT2D eigenvalue weighted by Crippen LogP contribution is 2.33. The van der Waals surface area contributed by atoms with Crippen molar-refractivity contribution in [3.05, 3.63) is 29.6 Å². The zero-order valence-corrected chi connectivity index (χ0v) is 11.7. The van der Waals surface area contributed by atoms with Crippen molar-refractivity contribution in [3.8, 4) is 0 Å². The van der Waals surface area contributed by atoms with Crippen LogP contribution in [0, 0.1) is 11.7 Å². The Hall–Kier alpha value is -0.980. The summed E-state index contributed by atoms with van der Waals surface area (Å²) in [5.41, 5.74) is 5.96. The van der Waals surface area contributed by atoms with Crippen LogP contribution < -0.4 is 10.5 Å². The van der Waals surface area contributed by atoms with Gasteiger partial charge in [0.2, 0.25) is 10.0 Å². The van der Waals surface area contributed by atoms with Gasteiger partial charge in [-0.15, -0.1) is 0 Å². The van der Waals surface area contributed by atoms with Gasteiger partial charge in [-0.05, 0) is 37.0 Å². The molecule has 1 fully saturated rings. The summed E-state index contributed by atoms with van der Waals surface area (Å²) in [6.45, 7) is 1.99. The van der Waals surface area contributed by atoms with Crippen LogP contribution in [0.1, 0.15) is 31.7 Å². The lowest BCUT2D eigenvalue weighted by molar-refractivity contribution is 0.520. The maximum Gasteiger partial charge on any atom is 0.243 e. The molecule has 1 aromatic rings. The number of nitrogens with two attached hydrogens (primary N) is 1. The van der Waals surface area contributed by atoms with E-state index < -0.39 is 15.8 Å². The van der Waals surface area contributed by atoms with E-state index in [2.05, 4.69) is 4.72 Å². The van der Waals surface area contributed by atoms with Crippen LogP contribution in [0.3, 0.4) is 0 Å². The SMILES string of the molecule is CC(CC1CC1)NS(=O)(=O)c1ccc(CN)cc1F. The van der Waals surface area contributed by atoms with E-state index in [0.717, 1.165) is 19.3 Å². The predicted octanol–water partition coefficient (Wildman–Crippen LogP) is 1.75. The summed E-state index contributed by atoms with van der Waals surface area (Å²) in [5, 5.41) is 0. The number of hydrogen-bond donors (Lipinski definition) is 2. The van der Waals surface area contributed by atoms with Crippen LogP contribution >= 0.6 is 0 Å². The number of hydrogen-bond acceptors (Lipinski definition) is 3. The first-order chi connectivity index (χ1) is 8.92. The average molecular weight is 286 g/mol. The Kier molecular flexibility index (Phi) is 4.23. The van der Waals surface area contributed by atoms with E-state index in [4.69, 9.17) is 5.73 Å². The molecule has 1 aliphatic carbocycles. The maximum absolute atomic E-state index is 13.8. The van der Waals surface area contributed by atoms with E-state index in [-0.39, 0.29) is 17.5 Å². The molecule has 1 aromatic carbocycles. The molecular weight excluding hydrogens is 267 g/mol. The first kappa shape index (κ1) is 14.4. The van der Waals surface area contributed by atoms with E-state index in [1.807, 2.05) is 6.92 Å². The fourth-order valence-corrected chi connectivity index (χ4v) is 3.44. The molecule has 6 heteroatoms. The molecule has 0 amide bonds. The third kappa shape index (κ3) is 3.75. The highest BCUT2D eigenvalue weighted by atomic mass is 32.2. The lowest BCUT2D eigenvalue weighted by Gasteiger charge is -2.14. The lowest BCUT2D eigenvalue weighted by atomic mass is 10.2. The number of sulfonamides is 1. The fraction of sp³-hybridized carbons (Fsp3) is 0.538. The molecule has 1 saturated carbocycles. The van der Waals surface area contributed by atoms with E-state index in [0.29, 0.717) is 11.5 Å². The number of nitrogens with one attached hydrogen (secondary N) is 1. The second-order valence-electron chi connectivity index (χ2n) is 5.17. The van der Waals surface area contributed by atoms with Crippen LogP contribution in [0.15, 0.2) is 23.1 Å². The van der Waals surface area contributed by atoms with Gasteiger partial charge in [0.25, 0.3) is 0 Å². The molecular formula is C13H19FN2O2S. The maximum atomic E-state index is 13.8. The van der Waals surface area contributed by atoms with Crippen LogP contribution in [0.2, 0.25) is 0 Å². The predicted molar refractivity (Wildman–Crippen MR) is 71.4 cm³/mol. The minimum Gasteiger partial charge on any atom is -0.326 e. The summed E-state index contributed by atoms with van der Waals surface area (Å²) in [6.07, 6.45) is 3.12.